The van der Waals surface area contributed by atoms with E-state index >= 15 is 0 Å². The van der Waals surface area contributed by atoms with E-state index in [4.69, 9.17) is 0 Å². The van der Waals surface area contributed by atoms with Crippen molar-refractivity contribution in [3.05, 3.63) is 147 Å². The van der Waals surface area contributed by atoms with E-state index in [1.807, 2.05) is 97.9 Å². The van der Waals surface area contributed by atoms with Gasteiger partial charge in [-0.3, -0.25) is 0 Å². The van der Waals surface area contributed by atoms with E-state index in [-0.39, 0.29) is 0 Å². The summed E-state index contributed by atoms with van der Waals surface area (Å²) in [5.41, 5.74) is 6.92. The first-order valence-electron chi connectivity index (χ1n) is 17.7. The van der Waals surface area contributed by atoms with Crippen molar-refractivity contribution < 1.29 is 0 Å². The molecule has 12 nitrogen and oxygen atoms in total. The number of hydrogen-bond acceptors (Lipinski definition) is 12. The highest BCUT2D eigenvalue weighted by molar-refractivity contribution is 5.61. The average molecular weight is 733 g/mol. The third-order valence-electron chi connectivity index (χ3n) is 7.50. The number of para-hydroxylation sites is 1. The zero-order chi connectivity index (χ0) is 39.7. The first-order valence-corrected chi connectivity index (χ1v) is 17.7. The molecule has 0 bridgehead atoms. The zero-order valence-corrected chi connectivity index (χ0v) is 32.1. The van der Waals surface area contributed by atoms with Crippen LogP contribution in [0.5, 0.6) is 0 Å². The molecular weight excluding hydrogens is 681 g/mol. The number of nitroso groups, excluding NO2 is 4. The van der Waals surface area contributed by atoms with E-state index in [9.17, 15) is 19.6 Å². The van der Waals surface area contributed by atoms with E-state index in [0.717, 1.165) is 40.8 Å². The van der Waals surface area contributed by atoms with Gasteiger partial charge in [-0.25, -0.2) is 0 Å². The molecule has 0 aliphatic carbocycles. The normalized spacial score (nSPS) is 10.5. The highest BCUT2D eigenvalue weighted by Crippen LogP contribution is 2.21. The average Bonchev–Trinajstić information content (AvgIpc) is 3.19. The Hall–Kier alpha value is -6.30. The quantitative estimate of drug-likeness (QED) is 0.0952. The summed E-state index contributed by atoms with van der Waals surface area (Å²) >= 11 is 0. The van der Waals surface area contributed by atoms with Crippen molar-refractivity contribution >= 4 is 51.2 Å². The minimum absolute atomic E-state index is 0.403. The summed E-state index contributed by atoms with van der Waals surface area (Å²) < 4.78 is 0. The summed E-state index contributed by atoms with van der Waals surface area (Å²) in [6, 6.07) is 39.1. The van der Waals surface area contributed by atoms with Gasteiger partial charge in [0, 0.05) is 54.6 Å². The topological polar surface area (TPSA) is 157 Å². The lowest BCUT2D eigenvalue weighted by Crippen LogP contribution is -2.15. The molecule has 1 unspecified atom stereocenters. The highest BCUT2D eigenvalue weighted by atomic mass is 16.3. The van der Waals surface area contributed by atoms with Gasteiger partial charge in [0.25, 0.3) is 0 Å². The van der Waals surface area contributed by atoms with Crippen LogP contribution in [0.3, 0.4) is 0 Å². The number of hydrogen-bond donors (Lipinski definition) is 3. The van der Waals surface area contributed by atoms with E-state index in [1.54, 1.807) is 48.5 Å². The molecule has 0 heterocycles. The van der Waals surface area contributed by atoms with Gasteiger partial charge in [-0.05, 0) is 169 Å². The molecule has 0 saturated carbocycles. The second-order valence-corrected chi connectivity index (χ2v) is 13.2. The van der Waals surface area contributed by atoms with Crippen LogP contribution >= 0.6 is 0 Å². The smallest absolute Gasteiger partial charge is 0.108 e. The van der Waals surface area contributed by atoms with Crippen LogP contribution in [0.1, 0.15) is 47.5 Å². The lowest BCUT2D eigenvalue weighted by molar-refractivity contribution is 0.528. The van der Waals surface area contributed by atoms with Crippen molar-refractivity contribution in [2.45, 2.75) is 59.5 Å². The van der Waals surface area contributed by atoms with Crippen LogP contribution < -0.4 is 20.9 Å². The van der Waals surface area contributed by atoms with Crippen LogP contribution in [-0.2, 0) is 0 Å². The minimum atomic E-state index is 0.403. The summed E-state index contributed by atoms with van der Waals surface area (Å²) in [7, 11) is 3.90. The van der Waals surface area contributed by atoms with Gasteiger partial charge >= 0.3 is 0 Å². The van der Waals surface area contributed by atoms with Gasteiger partial charge in [0.15, 0.2) is 0 Å². The second-order valence-electron chi connectivity index (χ2n) is 13.2. The summed E-state index contributed by atoms with van der Waals surface area (Å²) in [5, 5.41) is 21.2. The Morgan fingerprint density at radius 2 is 0.833 bits per heavy atom. The molecule has 0 fully saturated rings. The van der Waals surface area contributed by atoms with E-state index in [0.29, 0.717) is 34.8 Å². The van der Waals surface area contributed by atoms with Gasteiger partial charge in [-0.2, -0.15) is 0 Å². The van der Waals surface area contributed by atoms with Gasteiger partial charge in [0.2, 0.25) is 0 Å². The molecule has 5 aromatic carbocycles. The Bertz CT molecular complexity index is 1780. The summed E-state index contributed by atoms with van der Waals surface area (Å²) in [6.45, 7) is 10.8. The molecule has 1 atom stereocenters. The number of anilines is 5. The molecule has 54 heavy (non-hydrogen) atoms. The van der Waals surface area contributed by atoms with E-state index < -0.39 is 0 Å². The van der Waals surface area contributed by atoms with Crippen LogP contribution in [0.15, 0.2) is 148 Å². The van der Waals surface area contributed by atoms with Crippen LogP contribution in [0.25, 0.3) is 0 Å². The van der Waals surface area contributed by atoms with E-state index in [1.165, 1.54) is 6.42 Å². The Labute approximate surface area is 318 Å². The van der Waals surface area contributed by atoms with Gasteiger partial charge in [-0.15, -0.1) is 19.6 Å². The molecule has 0 aliphatic heterocycles. The van der Waals surface area contributed by atoms with Gasteiger partial charge < -0.3 is 20.9 Å². The summed E-state index contributed by atoms with van der Waals surface area (Å²) in [5.74, 6) is 0.742. The molecule has 0 amide bonds. The largest absolute Gasteiger partial charge is 0.383 e. The predicted octanol–water partition coefficient (Wildman–Crippen LogP) is 13.2. The number of nitrogens with zero attached hydrogens (tertiary/aromatic N) is 5. The SMILES string of the molecule is CC(C)CCC(C)Nc1ccc(N=O)cc1.CC(C)Nc1ccc(N=O)cc1.CN(C)c1ccc(N=O)cc1.O=Nc1ccc(Nc2ccccc2)cc1. The maximum absolute atomic E-state index is 10.2. The Morgan fingerprint density at radius 3 is 1.20 bits per heavy atom. The maximum atomic E-state index is 10.2. The molecule has 0 aliphatic rings. The van der Waals surface area contributed by atoms with Crippen molar-refractivity contribution in [3.8, 4) is 0 Å². The summed E-state index contributed by atoms with van der Waals surface area (Å²) in [6.07, 6.45) is 2.38. The Balaban J connectivity index is 0.000000252. The van der Waals surface area contributed by atoms with Crippen LogP contribution in [-0.4, -0.2) is 26.2 Å². The lowest BCUT2D eigenvalue weighted by Gasteiger charge is -2.16. The second kappa shape index (κ2) is 24.8. The Kier molecular flexibility index (Phi) is 20.2. The van der Waals surface area contributed by atoms with Crippen molar-refractivity contribution in [2.24, 2.45) is 26.6 Å². The highest BCUT2D eigenvalue weighted by Gasteiger charge is 2.04. The van der Waals surface area contributed by atoms with Gasteiger partial charge in [0.05, 0.1) is 0 Å². The fourth-order valence-electron chi connectivity index (χ4n) is 4.62. The minimum Gasteiger partial charge on any atom is -0.383 e. The van der Waals surface area contributed by atoms with Crippen LogP contribution in [0.2, 0.25) is 0 Å². The first-order chi connectivity index (χ1) is 26.0. The fourth-order valence-corrected chi connectivity index (χ4v) is 4.62. The summed E-state index contributed by atoms with van der Waals surface area (Å²) in [4.78, 5) is 42.5. The molecule has 12 heteroatoms. The molecule has 0 aromatic heterocycles. The number of rotatable bonds is 14. The van der Waals surface area contributed by atoms with Crippen molar-refractivity contribution in [1.29, 1.82) is 0 Å². The molecule has 0 radical (unpaired) electrons. The van der Waals surface area contributed by atoms with E-state index in [2.05, 4.69) is 71.3 Å². The van der Waals surface area contributed by atoms with Crippen LogP contribution in [0.4, 0.5) is 51.2 Å². The molecule has 284 valence electrons. The molecule has 0 spiro atoms. The molecule has 3 N–H and O–H groups in total. The Morgan fingerprint density at radius 1 is 0.463 bits per heavy atom. The third kappa shape index (κ3) is 18.3. The van der Waals surface area contributed by atoms with Crippen molar-refractivity contribution in [2.75, 3.05) is 34.9 Å². The molecule has 5 aromatic rings. The third-order valence-corrected chi connectivity index (χ3v) is 7.50. The molecular formula is C42H52N8O4. The standard InChI is InChI=1S/C13H20N2O.C12H10N2O.C9H12N2O.C8H10N2O/c1-10(2)4-5-11(3)14-12-6-8-13(15-16)9-7-12;15-14-12-8-6-11(7-9-12)13-10-4-2-1-3-5-10;1-7(2)10-8-3-5-9(11-12)6-4-8;1-10(2)8-5-3-7(9-11)4-6-8/h6-11,14H,4-5H2,1-3H3;1-9,13H;3-7,10H,1-2H3;3-6H,1-2H3. The van der Waals surface area contributed by atoms with Gasteiger partial charge in [-0.1, -0.05) is 32.0 Å². The van der Waals surface area contributed by atoms with Crippen molar-refractivity contribution in [3.63, 3.8) is 0 Å². The lowest BCUT2D eigenvalue weighted by atomic mass is 10.0. The van der Waals surface area contributed by atoms with Crippen molar-refractivity contribution in [1.82, 2.24) is 0 Å². The zero-order valence-electron chi connectivity index (χ0n) is 32.1. The maximum Gasteiger partial charge on any atom is 0.108 e. The first kappa shape index (κ1) is 43.9. The number of benzene rings is 5. The molecule has 0 saturated heterocycles. The predicted molar refractivity (Wildman–Crippen MR) is 228 cm³/mol. The fraction of sp³-hybridized carbons (Fsp3) is 0.286. The molecule has 5 rings (SSSR count). The monoisotopic (exact) mass is 732 g/mol. The van der Waals surface area contributed by atoms with Crippen LogP contribution in [0, 0.1) is 25.5 Å². The van der Waals surface area contributed by atoms with Gasteiger partial charge in [0.1, 0.15) is 22.7 Å². The number of nitrogens with one attached hydrogen (secondary N) is 3.